The normalized spacial score (nSPS) is 16.0. The molecular weight excluding hydrogens is 1720 g/mol. The van der Waals surface area contributed by atoms with Crippen molar-refractivity contribution in [2.24, 2.45) is 0 Å². The highest BCUT2D eigenvalue weighted by Gasteiger charge is 2.39. The average Bonchev–Trinajstić information content (AvgIpc) is 1.76. The number of ether oxygens (including phenoxy) is 3. The van der Waals surface area contributed by atoms with Crippen molar-refractivity contribution in [3.8, 4) is 17.2 Å². The highest BCUT2D eigenvalue weighted by molar-refractivity contribution is 9.10. The zero-order valence-corrected chi connectivity index (χ0v) is 71.0. The summed E-state index contributed by atoms with van der Waals surface area (Å²) in [4.78, 5) is 98.5. The number of methoxy groups -OCH3 is 3. The molecular formula is C85H76Br2Cl5N17O8. The molecule has 8 aromatic carbocycles. The number of hydrogen-bond donors (Lipinski definition) is 6. The third kappa shape index (κ3) is 20.3. The van der Waals surface area contributed by atoms with Gasteiger partial charge in [0.05, 0.1) is 104 Å². The summed E-state index contributed by atoms with van der Waals surface area (Å²) < 4.78 is 17.3. The highest BCUT2D eigenvalue weighted by atomic mass is 79.9. The van der Waals surface area contributed by atoms with Crippen LogP contribution < -0.4 is 46.5 Å². The molecule has 32 heteroatoms. The van der Waals surface area contributed by atoms with Crippen LogP contribution in [-0.4, -0.2) is 105 Å². The van der Waals surface area contributed by atoms with E-state index < -0.39 is 0 Å². The first-order chi connectivity index (χ1) is 56.3. The summed E-state index contributed by atoms with van der Waals surface area (Å²) >= 11 is 38.2. The van der Waals surface area contributed by atoms with Crippen molar-refractivity contribution >= 4 is 160 Å². The first-order valence-electron chi connectivity index (χ1n) is 36.3. The summed E-state index contributed by atoms with van der Waals surface area (Å²) in [6.45, 7) is 11.5. The molecule has 0 aliphatic carbocycles. The molecule has 5 atom stereocenters. The standard InChI is InChI=1S/C21H19ClN4O2.2C17H15BrClNO2.2C13H11ClN4O.C4H5N3/c1-13-17-9-15(25-19-7-8-23-12-24-19)10-18(22)20(17)21(27)26(13)11-14-3-5-16(28-2)6-4-14;2*1-10-14-7-12(18)8-15(19)16(14)17(21)20(10)9-11-3-5-13(22-2)6-4-11;2*1-7-9-4-8(18-11-2-3-15-6-16-11)5-10(14)12(9)13(19)17-7;5-4-1-2-6-3-7-4/h3-10,12-13H,11H2,1-2H3,(H,23,24,25);2*3-8,10H,9H2,1-2H3;2*2-7H,1H3,(H,17,19)(H,15,16,18);1-3H,(H2,5,6,7). The maximum absolute atomic E-state index is 13.0. The third-order valence-electron chi connectivity index (χ3n) is 19.5. The number of nitrogen functional groups attached to an aromatic ring is 1. The van der Waals surface area contributed by atoms with Crippen LogP contribution in [0.1, 0.15) is 161 Å². The first kappa shape index (κ1) is 84.8. The summed E-state index contributed by atoms with van der Waals surface area (Å²) in [6, 6.07) is 48.4. The van der Waals surface area contributed by atoms with Crippen LogP contribution in [0, 0.1) is 0 Å². The molecule has 17 rings (SSSR count). The van der Waals surface area contributed by atoms with E-state index in [4.69, 9.17) is 77.9 Å². The van der Waals surface area contributed by atoms with Crippen molar-refractivity contribution in [3.05, 3.63) is 314 Å². The maximum atomic E-state index is 13.0. The van der Waals surface area contributed by atoms with Gasteiger partial charge in [-0.2, -0.15) is 0 Å². The second-order valence-electron chi connectivity index (χ2n) is 27.0. The lowest BCUT2D eigenvalue weighted by molar-refractivity contribution is 0.0715. The Kier molecular flexibility index (Phi) is 27.9. The second kappa shape index (κ2) is 38.5. The molecule has 5 unspecified atom stereocenters. The minimum atomic E-state index is -0.124. The summed E-state index contributed by atoms with van der Waals surface area (Å²) in [6.07, 6.45) is 12.4. The van der Waals surface area contributed by atoms with E-state index in [-0.39, 0.29) is 59.7 Å². The summed E-state index contributed by atoms with van der Waals surface area (Å²) in [7, 11) is 4.90. The van der Waals surface area contributed by atoms with Gasteiger partial charge in [0.2, 0.25) is 0 Å². The number of aromatic nitrogens is 8. The molecule has 12 aromatic rings. The molecule has 598 valence electrons. The SMILES string of the molecule is CC1NC(=O)c2c(Cl)cc(Nc3ccncn3)cc21.CC1NC(=O)c2c(Cl)cc(Nc3ccncn3)cc21.COc1ccc(CN2C(=O)c3c(Cl)cc(Br)cc3C2C)cc1.COc1ccc(CN2C(=O)c3c(Cl)cc(Br)cc3C2C)cc1.COc1ccc(CN2C(=O)c3c(Cl)cc(Nc4ccncn4)cc3C2C)cc1.Nc1ccncn1. The fourth-order valence-corrected chi connectivity index (χ4v) is 16.3. The zero-order chi connectivity index (χ0) is 83.3. The third-order valence-corrected chi connectivity index (χ3v) is 21.9. The van der Waals surface area contributed by atoms with E-state index in [0.29, 0.717) is 95.8 Å². The number of rotatable bonds is 15. The van der Waals surface area contributed by atoms with Crippen LogP contribution in [0.25, 0.3) is 0 Å². The summed E-state index contributed by atoms with van der Waals surface area (Å²) in [5.41, 5.74) is 18.3. The van der Waals surface area contributed by atoms with Crippen molar-refractivity contribution in [1.29, 1.82) is 0 Å². The Balaban J connectivity index is 0.000000133. The van der Waals surface area contributed by atoms with Crippen molar-refractivity contribution in [2.75, 3.05) is 43.0 Å². The number of halogens is 7. The van der Waals surface area contributed by atoms with Gasteiger partial charge < -0.3 is 61.2 Å². The average molecular weight is 1800 g/mol. The second-order valence-corrected chi connectivity index (χ2v) is 30.9. The number of carbonyl (C=O) groups excluding carboxylic acids is 5. The first-order valence-corrected chi connectivity index (χ1v) is 39.8. The number of nitrogens with one attached hydrogen (secondary N) is 5. The Morgan fingerprint density at radius 1 is 0.376 bits per heavy atom. The Morgan fingerprint density at radius 3 is 0.932 bits per heavy atom. The Bertz CT molecular complexity index is 5370. The molecule has 0 saturated heterocycles. The molecule has 9 heterocycles. The predicted octanol–water partition coefficient (Wildman–Crippen LogP) is 19.7. The highest BCUT2D eigenvalue weighted by Crippen LogP contribution is 2.45. The van der Waals surface area contributed by atoms with Gasteiger partial charge in [-0.3, -0.25) is 24.0 Å². The molecule has 117 heavy (non-hydrogen) atoms. The molecule has 5 amide bonds. The van der Waals surface area contributed by atoms with Crippen LogP contribution in [0.5, 0.6) is 17.2 Å². The summed E-state index contributed by atoms with van der Waals surface area (Å²) in [5.74, 6) is 4.58. The number of benzene rings is 8. The van der Waals surface area contributed by atoms with E-state index in [0.717, 1.165) is 87.8 Å². The molecule has 0 radical (unpaired) electrons. The van der Waals surface area contributed by atoms with Crippen LogP contribution in [0.2, 0.25) is 25.1 Å². The Labute approximate surface area is 716 Å². The van der Waals surface area contributed by atoms with Crippen molar-refractivity contribution in [1.82, 2.24) is 65.2 Å². The van der Waals surface area contributed by atoms with Gasteiger partial charge in [0.1, 0.15) is 65.8 Å². The smallest absolute Gasteiger partial charge is 0.256 e. The minimum absolute atomic E-state index is 0.000369. The lowest BCUT2D eigenvalue weighted by Crippen LogP contribution is -2.26. The van der Waals surface area contributed by atoms with Crippen LogP contribution in [0.3, 0.4) is 0 Å². The lowest BCUT2D eigenvalue weighted by Gasteiger charge is -2.22. The van der Waals surface area contributed by atoms with Crippen LogP contribution in [0.4, 0.5) is 40.3 Å². The van der Waals surface area contributed by atoms with E-state index >= 15 is 0 Å². The van der Waals surface area contributed by atoms with Crippen LogP contribution in [0.15, 0.2) is 217 Å². The molecule has 0 fully saturated rings. The fraction of sp³-hybridized carbons (Fsp3) is 0.188. The van der Waals surface area contributed by atoms with E-state index in [1.165, 1.54) is 25.3 Å². The number of anilines is 7. The van der Waals surface area contributed by atoms with Gasteiger partial charge in [0.25, 0.3) is 29.5 Å². The van der Waals surface area contributed by atoms with Crippen molar-refractivity contribution in [2.45, 2.75) is 84.5 Å². The van der Waals surface area contributed by atoms with Gasteiger partial charge in [-0.05, 0) is 200 Å². The topological polar surface area (TPSA) is 312 Å². The predicted molar refractivity (Wildman–Crippen MR) is 461 cm³/mol. The number of hydrogen-bond acceptors (Lipinski definition) is 20. The lowest BCUT2D eigenvalue weighted by atomic mass is 10.0. The van der Waals surface area contributed by atoms with E-state index in [2.05, 4.69) is 98.3 Å². The van der Waals surface area contributed by atoms with Gasteiger partial charge >= 0.3 is 0 Å². The summed E-state index contributed by atoms with van der Waals surface area (Å²) in [5, 5.41) is 17.5. The van der Waals surface area contributed by atoms with Gasteiger partial charge in [-0.25, -0.2) is 39.9 Å². The molecule has 0 saturated carbocycles. The number of carbonyl (C=O) groups is 5. The van der Waals surface area contributed by atoms with Gasteiger partial charge in [-0.1, -0.05) is 126 Å². The molecule has 0 spiro atoms. The van der Waals surface area contributed by atoms with E-state index in [1.54, 1.807) is 101 Å². The quantitative estimate of drug-likeness (QED) is 0.0555. The molecule has 0 bridgehead atoms. The van der Waals surface area contributed by atoms with Gasteiger partial charge in [-0.15, -0.1) is 0 Å². The van der Waals surface area contributed by atoms with Crippen molar-refractivity contribution < 1.29 is 38.2 Å². The number of amides is 5. The fourth-order valence-electron chi connectivity index (χ4n) is 13.5. The van der Waals surface area contributed by atoms with E-state index in [9.17, 15) is 24.0 Å². The molecule has 7 N–H and O–H groups in total. The Morgan fingerprint density at radius 2 is 0.658 bits per heavy atom. The molecule has 4 aromatic heterocycles. The van der Waals surface area contributed by atoms with Crippen molar-refractivity contribution in [3.63, 3.8) is 0 Å². The number of nitrogens with zero attached hydrogens (tertiary/aromatic N) is 11. The van der Waals surface area contributed by atoms with E-state index in [1.807, 2.05) is 152 Å². The number of fused-ring (bicyclic) bond motifs is 5. The molecule has 25 nitrogen and oxygen atoms in total. The van der Waals surface area contributed by atoms with Gasteiger partial charge in [0, 0.05) is 70.4 Å². The van der Waals surface area contributed by atoms with Crippen LogP contribution in [-0.2, 0) is 19.6 Å². The largest absolute Gasteiger partial charge is 0.497 e. The maximum Gasteiger partial charge on any atom is 0.256 e. The zero-order valence-electron chi connectivity index (χ0n) is 64.0. The van der Waals surface area contributed by atoms with Crippen LogP contribution >= 0.6 is 89.9 Å². The number of nitrogens with two attached hydrogens (primary N) is 1. The molecule has 5 aliphatic rings. The van der Waals surface area contributed by atoms with Gasteiger partial charge in [0.15, 0.2) is 0 Å². The minimum Gasteiger partial charge on any atom is -0.497 e. The molecule has 5 aliphatic heterocycles. The Hall–Kier alpha value is -11.6. The monoisotopic (exact) mass is 1800 g/mol.